The van der Waals surface area contributed by atoms with E-state index in [0.29, 0.717) is 13.0 Å². The Morgan fingerprint density at radius 1 is 1.11 bits per heavy atom. The van der Waals surface area contributed by atoms with E-state index in [-0.39, 0.29) is 5.97 Å². The molecule has 0 saturated carbocycles. The minimum Gasteiger partial charge on any atom is -0.461 e. The molecule has 3 heteroatoms. The van der Waals surface area contributed by atoms with Gasteiger partial charge in [0, 0.05) is 24.4 Å². The molecule has 0 N–H and O–H groups in total. The first-order valence-electron chi connectivity index (χ1n) is 10.7. The number of carbonyl (C=O) groups is 1. The van der Waals surface area contributed by atoms with Gasteiger partial charge in [0.1, 0.15) is 6.61 Å². The number of aromatic nitrogens is 1. The van der Waals surface area contributed by atoms with Gasteiger partial charge < -0.3 is 4.74 Å². The van der Waals surface area contributed by atoms with E-state index in [0.717, 1.165) is 30.7 Å². The molecule has 1 aliphatic rings. The van der Waals surface area contributed by atoms with Crippen molar-refractivity contribution < 1.29 is 9.53 Å². The van der Waals surface area contributed by atoms with Gasteiger partial charge in [-0.2, -0.15) is 0 Å². The number of pyridine rings is 1. The lowest BCUT2D eigenvalue weighted by molar-refractivity contribution is -0.145. The quantitative estimate of drug-likeness (QED) is 0.212. The summed E-state index contributed by atoms with van der Waals surface area (Å²) in [6.45, 7) is 0.323. The second-order valence-corrected chi connectivity index (χ2v) is 7.50. The van der Waals surface area contributed by atoms with E-state index in [1.54, 1.807) is 12.4 Å². The molecule has 0 amide bonds. The standard InChI is InChI=1S/C24H35NO2/c26-24(27-21-23-17-13-19-25-20-23)18-10-8-6-4-2-1-3-5-7-9-14-22-15-11-12-16-22/h2,4,11,13,15,17,19-20,22H,1,3,5-10,12,14,16,18,21H2/b4-2-. The molecule has 1 unspecified atom stereocenters. The van der Waals surface area contributed by atoms with Crippen molar-refractivity contribution in [3.05, 3.63) is 54.4 Å². The fourth-order valence-electron chi connectivity index (χ4n) is 3.44. The Morgan fingerprint density at radius 3 is 2.67 bits per heavy atom. The highest BCUT2D eigenvalue weighted by Gasteiger charge is 2.07. The van der Waals surface area contributed by atoms with E-state index >= 15 is 0 Å². The largest absolute Gasteiger partial charge is 0.461 e. The van der Waals surface area contributed by atoms with Crippen molar-refractivity contribution in [3.63, 3.8) is 0 Å². The van der Waals surface area contributed by atoms with Gasteiger partial charge in [-0.15, -0.1) is 0 Å². The van der Waals surface area contributed by atoms with Crippen molar-refractivity contribution in [1.82, 2.24) is 4.98 Å². The molecule has 27 heavy (non-hydrogen) atoms. The smallest absolute Gasteiger partial charge is 0.306 e. The summed E-state index contributed by atoms with van der Waals surface area (Å²) in [5.74, 6) is 0.758. The van der Waals surface area contributed by atoms with E-state index in [1.165, 1.54) is 51.4 Å². The lowest BCUT2D eigenvalue weighted by atomic mass is 10.00. The van der Waals surface area contributed by atoms with Crippen LogP contribution in [0.1, 0.15) is 82.6 Å². The molecule has 1 aromatic heterocycles. The van der Waals surface area contributed by atoms with Crippen molar-refractivity contribution in [2.45, 2.75) is 83.7 Å². The maximum atomic E-state index is 11.7. The molecule has 2 rings (SSSR count). The van der Waals surface area contributed by atoms with Crippen LogP contribution in [0, 0.1) is 5.92 Å². The van der Waals surface area contributed by atoms with E-state index in [9.17, 15) is 4.79 Å². The first-order chi connectivity index (χ1) is 13.3. The molecule has 0 spiro atoms. The molecule has 1 atom stereocenters. The maximum Gasteiger partial charge on any atom is 0.306 e. The molecule has 148 valence electrons. The predicted octanol–water partition coefficient (Wildman–Crippen LogP) is 6.55. The normalized spacial score (nSPS) is 16.2. The average Bonchev–Trinajstić information content (AvgIpc) is 3.21. The Hall–Kier alpha value is -1.90. The van der Waals surface area contributed by atoms with Crippen molar-refractivity contribution >= 4 is 5.97 Å². The number of carbonyl (C=O) groups excluding carboxylic acids is 1. The van der Waals surface area contributed by atoms with Crippen LogP contribution in [0.4, 0.5) is 0 Å². The highest BCUT2D eigenvalue weighted by Crippen LogP contribution is 2.23. The summed E-state index contributed by atoms with van der Waals surface area (Å²) >= 11 is 0. The van der Waals surface area contributed by atoms with Crippen LogP contribution in [0.5, 0.6) is 0 Å². The highest BCUT2D eigenvalue weighted by molar-refractivity contribution is 5.69. The van der Waals surface area contributed by atoms with Gasteiger partial charge >= 0.3 is 5.97 Å². The summed E-state index contributed by atoms with van der Waals surface area (Å²) in [5, 5.41) is 0. The molecule has 3 nitrogen and oxygen atoms in total. The Kier molecular flexibility index (Phi) is 11.3. The molecule has 1 aliphatic carbocycles. The van der Waals surface area contributed by atoms with Gasteiger partial charge in [-0.1, -0.05) is 49.6 Å². The van der Waals surface area contributed by atoms with Crippen molar-refractivity contribution in [2.75, 3.05) is 0 Å². The molecule has 0 fully saturated rings. The van der Waals surface area contributed by atoms with Gasteiger partial charge in [0.15, 0.2) is 0 Å². The number of hydrogen-bond donors (Lipinski definition) is 0. The van der Waals surface area contributed by atoms with Crippen LogP contribution in [-0.4, -0.2) is 11.0 Å². The number of hydrogen-bond acceptors (Lipinski definition) is 3. The fourth-order valence-corrected chi connectivity index (χ4v) is 3.44. The topological polar surface area (TPSA) is 39.2 Å². The monoisotopic (exact) mass is 369 g/mol. The van der Waals surface area contributed by atoms with Crippen LogP contribution in [0.3, 0.4) is 0 Å². The minimum absolute atomic E-state index is 0.115. The second-order valence-electron chi connectivity index (χ2n) is 7.50. The van der Waals surface area contributed by atoms with Crippen LogP contribution in [-0.2, 0) is 16.1 Å². The highest BCUT2D eigenvalue weighted by atomic mass is 16.5. The third-order valence-corrected chi connectivity index (χ3v) is 5.10. The lowest BCUT2D eigenvalue weighted by Crippen LogP contribution is -2.04. The van der Waals surface area contributed by atoms with Crippen LogP contribution in [0.25, 0.3) is 0 Å². The zero-order chi connectivity index (χ0) is 19.0. The van der Waals surface area contributed by atoms with Crippen LogP contribution in [0.2, 0.25) is 0 Å². The Bertz CT molecular complexity index is 565. The minimum atomic E-state index is -0.115. The van der Waals surface area contributed by atoms with E-state index < -0.39 is 0 Å². The molecular formula is C24H35NO2. The summed E-state index contributed by atoms with van der Waals surface area (Å²) < 4.78 is 5.25. The zero-order valence-corrected chi connectivity index (χ0v) is 16.7. The molecule has 1 aromatic rings. The summed E-state index contributed by atoms with van der Waals surface area (Å²) in [5.41, 5.74) is 0.934. The van der Waals surface area contributed by atoms with Gasteiger partial charge in [0.2, 0.25) is 0 Å². The van der Waals surface area contributed by atoms with E-state index in [4.69, 9.17) is 4.74 Å². The number of nitrogens with zero attached hydrogens (tertiary/aromatic N) is 1. The molecule has 0 aromatic carbocycles. The van der Waals surface area contributed by atoms with Crippen LogP contribution < -0.4 is 0 Å². The fraction of sp³-hybridized carbons (Fsp3) is 0.583. The van der Waals surface area contributed by atoms with Crippen LogP contribution >= 0.6 is 0 Å². The molecule has 0 bridgehead atoms. The Labute approximate surface area is 164 Å². The molecular weight excluding hydrogens is 334 g/mol. The van der Waals surface area contributed by atoms with E-state index in [1.807, 2.05) is 12.1 Å². The third-order valence-electron chi connectivity index (χ3n) is 5.10. The Morgan fingerprint density at radius 2 is 1.93 bits per heavy atom. The third kappa shape index (κ3) is 10.7. The average molecular weight is 370 g/mol. The second kappa shape index (κ2) is 14.2. The van der Waals surface area contributed by atoms with E-state index in [2.05, 4.69) is 29.3 Å². The molecule has 0 radical (unpaired) electrons. The number of allylic oxidation sites excluding steroid dienone is 4. The summed E-state index contributed by atoms with van der Waals surface area (Å²) in [7, 11) is 0. The SMILES string of the molecule is O=C(CCCC/C=C\CCCCCCC1C=CCC1)OCc1cccnc1. The number of ether oxygens (including phenoxy) is 1. The van der Waals surface area contributed by atoms with Gasteiger partial charge in [-0.25, -0.2) is 0 Å². The van der Waals surface area contributed by atoms with Crippen molar-refractivity contribution in [1.29, 1.82) is 0 Å². The zero-order valence-electron chi connectivity index (χ0n) is 16.7. The molecule has 0 saturated heterocycles. The molecule has 1 heterocycles. The Balaban J connectivity index is 1.34. The van der Waals surface area contributed by atoms with Gasteiger partial charge in [-0.3, -0.25) is 9.78 Å². The van der Waals surface area contributed by atoms with Gasteiger partial charge in [-0.05, 0) is 63.4 Å². The number of unbranched alkanes of at least 4 members (excludes halogenated alkanes) is 6. The first-order valence-corrected chi connectivity index (χ1v) is 10.7. The summed E-state index contributed by atoms with van der Waals surface area (Å²) in [4.78, 5) is 15.7. The van der Waals surface area contributed by atoms with Gasteiger partial charge in [0.05, 0.1) is 0 Å². The summed E-state index contributed by atoms with van der Waals surface area (Å²) in [6, 6.07) is 3.77. The maximum absolute atomic E-state index is 11.7. The predicted molar refractivity (Wildman–Crippen MR) is 111 cm³/mol. The first kappa shape index (κ1) is 21.4. The number of esters is 1. The van der Waals surface area contributed by atoms with Crippen molar-refractivity contribution in [2.24, 2.45) is 5.92 Å². The van der Waals surface area contributed by atoms with Gasteiger partial charge in [0.25, 0.3) is 0 Å². The lowest BCUT2D eigenvalue weighted by Gasteiger charge is -2.06. The number of rotatable bonds is 14. The van der Waals surface area contributed by atoms with Crippen LogP contribution in [0.15, 0.2) is 48.8 Å². The molecule has 0 aliphatic heterocycles. The van der Waals surface area contributed by atoms with Crippen molar-refractivity contribution in [3.8, 4) is 0 Å². The summed E-state index contributed by atoms with van der Waals surface area (Å²) in [6.07, 6.45) is 26.9.